The minimum absolute atomic E-state index is 0.138. The Morgan fingerprint density at radius 3 is 2.50 bits per heavy atom. The second-order valence-corrected chi connectivity index (χ2v) is 7.49. The highest BCUT2D eigenvalue weighted by molar-refractivity contribution is 9.11. The van der Waals surface area contributed by atoms with Gasteiger partial charge in [0.1, 0.15) is 12.4 Å². The number of aryl methyl sites for hydroxylation is 1. The van der Waals surface area contributed by atoms with Crippen LogP contribution in [0.25, 0.3) is 0 Å². The molecule has 0 radical (unpaired) electrons. The summed E-state index contributed by atoms with van der Waals surface area (Å²) in [6.07, 6.45) is 0.836. The zero-order valence-corrected chi connectivity index (χ0v) is 15.3. The Kier molecular flexibility index (Phi) is 5.60. The Hall–Kier alpha value is -0.430. The molecule has 1 aromatic heterocycles. The molecule has 0 aliphatic rings. The van der Waals surface area contributed by atoms with Gasteiger partial charge in [0, 0.05) is 11.4 Å². The molecule has 3 nitrogen and oxygen atoms in total. The van der Waals surface area contributed by atoms with Crippen LogP contribution >= 0.6 is 43.2 Å². The van der Waals surface area contributed by atoms with Crippen molar-refractivity contribution in [3.8, 4) is 5.75 Å². The number of hydrogen-bond acceptors (Lipinski definition) is 4. The molecule has 0 saturated carbocycles. The van der Waals surface area contributed by atoms with E-state index in [0.29, 0.717) is 6.61 Å². The van der Waals surface area contributed by atoms with Crippen LogP contribution in [0.1, 0.15) is 23.2 Å². The van der Waals surface area contributed by atoms with E-state index in [0.717, 1.165) is 31.8 Å². The van der Waals surface area contributed by atoms with Gasteiger partial charge in [0.2, 0.25) is 0 Å². The molecule has 0 bridgehead atoms. The molecule has 0 aliphatic carbocycles. The van der Waals surface area contributed by atoms with Gasteiger partial charge in [-0.25, -0.2) is 4.98 Å². The first-order valence-corrected chi connectivity index (χ1v) is 8.69. The Bertz CT molecular complexity index is 576. The third-order valence-corrected chi connectivity index (χ3v) is 4.65. The average Bonchev–Trinajstić information content (AvgIpc) is 2.73. The van der Waals surface area contributed by atoms with E-state index in [1.54, 1.807) is 11.3 Å². The van der Waals surface area contributed by atoms with Gasteiger partial charge in [0.15, 0.2) is 0 Å². The van der Waals surface area contributed by atoms with E-state index in [2.05, 4.69) is 49.0 Å². The van der Waals surface area contributed by atoms with Crippen LogP contribution in [0.4, 0.5) is 0 Å². The zero-order chi connectivity index (χ0) is 14.7. The van der Waals surface area contributed by atoms with Gasteiger partial charge < -0.3 is 10.5 Å². The second-order valence-electron chi connectivity index (χ2n) is 4.72. The Morgan fingerprint density at radius 2 is 2.00 bits per heavy atom. The van der Waals surface area contributed by atoms with E-state index < -0.39 is 0 Å². The lowest BCUT2D eigenvalue weighted by molar-refractivity contribution is 0.298. The number of thiazole rings is 1. The molecule has 20 heavy (non-hydrogen) atoms. The van der Waals surface area contributed by atoms with Crippen molar-refractivity contribution < 1.29 is 4.74 Å². The predicted molar refractivity (Wildman–Crippen MR) is 90.4 cm³/mol. The molecule has 0 fully saturated rings. The van der Waals surface area contributed by atoms with E-state index in [1.807, 2.05) is 19.2 Å². The number of halogens is 2. The van der Waals surface area contributed by atoms with Crippen molar-refractivity contribution in [3.05, 3.63) is 42.7 Å². The number of ether oxygens (including phenoxy) is 1. The van der Waals surface area contributed by atoms with Gasteiger partial charge >= 0.3 is 0 Å². The van der Waals surface area contributed by atoms with E-state index in [4.69, 9.17) is 10.5 Å². The Labute approximate surface area is 139 Å². The number of aromatic nitrogens is 1. The SMILES string of the molecule is Cc1nc(COc2c(Br)cc(CC(C)N)cc2Br)cs1. The largest absolute Gasteiger partial charge is 0.485 e. The topological polar surface area (TPSA) is 48.1 Å². The van der Waals surface area contributed by atoms with Gasteiger partial charge in [0.05, 0.1) is 19.6 Å². The molecule has 108 valence electrons. The number of nitrogens with zero attached hydrogens (tertiary/aromatic N) is 1. The second kappa shape index (κ2) is 7.02. The Balaban J connectivity index is 2.11. The molecular weight excluding hydrogens is 404 g/mol. The summed E-state index contributed by atoms with van der Waals surface area (Å²) in [4.78, 5) is 4.39. The van der Waals surface area contributed by atoms with Crippen LogP contribution < -0.4 is 10.5 Å². The summed E-state index contributed by atoms with van der Waals surface area (Å²) in [5.41, 5.74) is 7.96. The van der Waals surface area contributed by atoms with E-state index in [9.17, 15) is 0 Å². The average molecular weight is 420 g/mol. The van der Waals surface area contributed by atoms with Crippen LogP contribution in [0.15, 0.2) is 26.5 Å². The first-order valence-electron chi connectivity index (χ1n) is 6.23. The fraction of sp³-hybridized carbons (Fsp3) is 0.357. The lowest BCUT2D eigenvalue weighted by Crippen LogP contribution is -2.17. The standard InChI is InChI=1S/C14H16Br2N2OS/c1-8(17)3-10-4-12(15)14(13(16)5-10)19-6-11-7-20-9(2)18-11/h4-5,7-8H,3,6,17H2,1-2H3. The maximum Gasteiger partial charge on any atom is 0.148 e. The van der Waals surface area contributed by atoms with Crippen LogP contribution in [0, 0.1) is 6.92 Å². The summed E-state index contributed by atoms with van der Waals surface area (Å²) in [6.45, 7) is 4.45. The molecule has 1 heterocycles. The fourth-order valence-electron chi connectivity index (χ4n) is 1.86. The summed E-state index contributed by atoms with van der Waals surface area (Å²) in [6, 6.07) is 4.24. The number of nitrogens with two attached hydrogens (primary N) is 1. The fourth-order valence-corrected chi connectivity index (χ4v) is 3.97. The molecule has 0 aliphatic heterocycles. The van der Waals surface area contributed by atoms with E-state index >= 15 is 0 Å². The maximum absolute atomic E-state index is 5.85. The monoisotopic (exact) mass is 418 g/mol. The third kappa shape index (κ3) is 4.28. The highest BCUT2D eigenvalue weighted by atomic mass is 79.9. The predicted octanol–water partition coefficient (Wildman–Crippen LogP) is 4.45. The molecule has 1 unspecified atom stereocenters. The normalized spacial score (nSPS) is 12.4. The summed E-state index contributed by atoms with van der Waals surface area (Å²) in [5.74, 6) is 0.795. The van der Waals surface area contributed by atoms with Crippen molar-refractivity contribution in [2.24, 2.45) is 5.73 Å². The number of benzene rings is 1. The van der Waals surface area contributed by atoms with E-state index in [1.165, 1.54) is 5.56 Å². The molecule has 1 aromatic carbocycles. The first kappa shape index (κ1) is 15.9. The molecule has 2 aromatic rings. The van der Waals surface area contributed by atoms with Crippen LogP contribution in [0.2, 0.25) is 0 Å². The van der Waals surface area contributed by atoms with Gasteiger partial charge in [-0.3, -0.25) is 0 Å². The van der Waals surface area contributed by atoms with Crippen LogP contribution in [-0.2, 0) is 13.0 Å². The van der Waals surface area contributed by atoms with Crippen LogP contribution in [0.3, 0.4) is 0 Å². The molecule has 0 spiro atoms. The van der Waals surface area contributed by atoms with Gasteiger partial charge in [-0.05, 0) is 69.8 Å². The summed E-state index contributed by atoms with van der Waals surface area (Å²) in [5, 5.41) is 3.07. The maximum atomic E-state index is 5.85. The minimum Gasteiger partial charge on any atom is -0.485 e. The Morgan fingerprint density at radius 1 is 1.35 bits per heavy atom. The van der Waals surface area contributed by atoms with Crippen molar-refractivity contribution in [3.63, 3.8) is 0 Å². The first-order chi connectivity index (χ1) is 9.45. The molecule has 1 atom stereocenters. The van der Waals surface area contributed by atoms with Crippen molar-refractivity contribution in [2.75, 3.05) is 0 Å². The van der Waals surface area contributed by atoms with Gasteiger partial charge in [-0.2, -0.15) is 0 Å². The smallest absolute Gasteiger partial charge is 0.148 e. The van der Waals surface area contributed by atoms with Crippen LogP contribution in [0.5, 0.6) is 5.75 Å². The van der Waals surface area contributed by atoms with Crippen LogP contribution in [-0.4, -0.2) is 11.0 Å². The van der Waals surface area contributed by atoms with Gasteiger partial charge in [-0.1, -0.05) is 0 Å². The zero-order valence-electron chi connectivity index (χ0n) is 11.3. The third-order valence-electron chi connectivity index (χ3n) is 2.65. The lowest BCUT2D eigenvalue weighted by Gasteiger charge is -2.12. The van der Waals surface area contributed by atoms with Gasteiger partial charge in [0.25, 0.3) is 0 Å². The van der Waals surface area contributed by atoms with Crippen molar-refractivity contribution in [1.82, 2.24) is 4.98 Å². The summed E-state index contributed by atoms with van der Waals surface area (Å²) in [7, 11) is 0. The minimum atomic E-state index is 0.138. The summed E-state index contributed by atoms with van der Waals surface area (Å²) >= 11 is 8.73. The molecule has 2 N–H and O–H groups in total. The molecular formula is C14H16Br2N2OS. The molecule has 0 amide bonds. The molecule has 6 heteroatoms. The lowest BCUT2D eigenvalue weighted by atomic mass is 10.1. The number of rotatable bonds is 5. The highest BCUT2D eigenvalue weighted by Gasteiger charge is 2.11. The van der Waals surface area contributed by atoms with Crippen molar-refractivity contribution in [1.29, 1.82) is 0 Å². The van der Waals surface area contributed by atoms with E-state index in [-0.39, 0.29) is 6.04 Å². The van der Waals surface area contributed by atoms with Crippen molar-refractivity contribution in [2.45, 2.75) is 32.9 Å². The van der Waals surface area contributed by atoms with Crippen molar-refractivity contribution >= 4 is 43.2 Å². The molecule has 0 saturated heterocycles. The van der Waals surface area contributed by atoms with Gasteiger partial charge in [-0.15, -0.1) is 11.3 Å². The highest BCUT2D eigenvalue weighted by Crippen LogP contribution is 2.35. The summed E-state index contributed by atoms with van der Waals surface area (Å²) < 4.78 is 7.70. The number of hydrogen-bond donors (Lipinski definition) is 1. The quantitative estimate of drug-likeness (QED) is 0.778. The molecule has 2 rings (SSSR count).